The lowest BCUT2D eigenvalue weighted by Crippen LogP contribution is -2.28. The second-order valence-corrected chi connectivity index (χ2v) is 8.96. The van der Waals surface area contributed by atoms with Gasteiger partial charge in [0.2, 0.25) is 0 Å². The molecule has 0 aliphatic heterocycles. The number of methoxy groups -OCH3 is 3. The molecule has 0 aliphatic rings. The number of benzene rings is 3. The van der Waals surface area contributed by atoms with Crippen LogP contribution in [-0.4, -0.2) is 37.9 Å². The standard InChI is InChI=1S/C31H35NO5/c1-5-20-32(21-23-8-6-7-9-29(23)36-4)22-28-18-19-30(37-28)31(33,24-10-14-26(34-2)15-11-24)25-12-16-27(35-3)17-13-25/h6-19,33H,5,20-22H2,1-4H3. The normalized spacial score (nSPS) is 11.5. The summed E-state index contributed by atoms with van der Waals surface area (Å²) < 4.78 is 22.6. The second kappa shape index (κ2) is 12.0. The molecular formula is C31H35NO5. The van der Waals surface area contributed by atoms with E-state index in [2.05, 4.69) is 17.9 Å². The molecule has 1 heterocycles. The molecule has 1 N–H and O–H groups in total. The van der Waals surface area contributed by atoms with Crippen LogP contribution in [0.5, 0.6) is 17.2 Å². The topological polar surface area (TPSA) is 64.3 Å². The van der Waals surface area contributed by atoms with Gasteiger partial charge in [-0.05, 0) is 66.6 Å². The largest absolute Gasteiger partial charge is 0.497 e. The minimum absolute atomic E-state index is 0.451. The zero-order chi connectivity index (χ0) is 26.3. The van der Waals surface area contributed by atoms with Crippen LogP contribution in [0.15, 0.2) is 89.3 Å². The number of ether oxygens (including phenoxy) is 3. The van der Waals surface area contributed by atoms with E-state index in [1.807, 2.05) is 78.9 Å². The van der Waals surface area contributed by atoms with Gasteiger partial charge in [0.05, 0.1) is 27.9 Å². The van der Waals surface area contributed by atoms with Crippen molar-refractivity contribution in [2.45, 2.75) is 32.0 Å². The summed E-state index contributed by atoms with van der Waals surface area (Å²) in [5.74, 6) is 3.53. The smallest absolute Gasteiger partial charge is 0.173 e. The maximum Gasteiger partial charge on any atom is 0.173 e. The van der Waals surface area contributed by atoms with Crippen LogP contribution in [0.2, 0.25) is 0 Å². The second-order valence-electron chi connectivity index (χ2n) is 8.96. The van der Waals surface area contributed by atoms with Gasteiger partial charge in [0.25, 0.3) is 0 Å². The van der Waals surface area contributed by atoms with Crippen molar-refractivity contribution in [3.8, 4) is 17.2 Å². The van der Waals surface area contributed by atoms with Gasteiger partial charge in [-0.3, -0.25) is 4.90 Å². The van der Waals surface area contributed by atoms with Crippen molar-refractivity contribution in [3.63, 3.8) is 0 Å². The third kappa shape index (κ3) is 5.82. The van der Waals surface area contributed by atoms with Crippen molar-refractivity contribution < 1.29 is 23.7 Å². The Labute approximate surface area is 219 Å². The first-order valence-electron chi connectivity index (χ1n) is 12.5. The van der Waals surface area contributed by atoms with Crippen molar-refractivity contribution in [2.24, 2.45) is 0 Å². The van der Waals surface area contributed by atoms with Crippen molar-refractivity contribution >= 4 is 0 Å². The summed E-state index contributed by atoms with van der Waals surface area (Å²) in [5.41, 5.74) is 0.991. The fraction of sp³-hybridized carbons (Fsp3) is 0.290. The zero-order valence-electron chi connectivity index (χ0n) is 21.9. The first kappa shape index (κ1) is 26.3. The van der Waals surface area contributed by atoms with Crippen LogP contribution in [0.3, 0.4) is 0 Å². The Morgan fingerprint density at radius 3 is 1.86 bits per heavy atom. The van der Waals surface area contributed by atoms with Gasteiger partial charge in [0.15, 0.2) is 5.60 Å². The van der Waals surface area contributed by atoms with Gasteiger partial charge in [-0.2, -0.15) is 0 Å². The summed E-state index contributed by atoms with van der Waals surface area (Å²) in [4.78, 5) is 2.32. The molecule has 0 spiro atoms. The molecule has 4 rings (SSSR count). The first-order chi connectivity index (χ1) is 18.0. The molecule has 0 atom stereocenters. The summed E-state index contributed by atoms with van der Waals surface area (Å²) in [6.07, 6.45) is 1.00. The Bertz CT molecular complexity index is 1220. The molecule has 0 fully saturated rings. The molecule has 6 heteroatoms. The van der Waals surface area contributed by atoms with E-state index in [9.17, 15) is 5.11 Å². The predicted octanol–water partition coefficient (Wildman–Crippen LogP) is 6.00. The zero-order valence-corrected chi connectivity index (χ0v) is 21.9. The lowest BCUT2D eigenvalue weighted by atomic mass is 9.84. The first-order valence-corrected chi connectivity index (χ1v) is 12.5. The van der Waals surface area contributed by atoms with Crippen LogP contribution in [0.25, 0.3) is 0 Å². The molecule has 0 unspecified atom stereocenters. The molecule has 0 amide bonds. The SMILES string of the molecule is CCCN(Cc1ccc(C(O)(c2ccc(OC)cc2)c2ccc(OC)cc2)o1)Cc1ccccc1OC. The maximum absolute atomic E-state index is 12.2. The van der Waals surface area contributed by atoms with Gasteiger partial charge in [-0.25, -0.2) is 0 Å². The Kier molecular flexibility index (Phi) is 8.54. The molecule has 0 saturated heterocycles. The van der Waals surface area contributed by atoms with Crippen molar-refractivity contribution in [2.75, 3.05) is 27.9 Å². The van der Waals surface area contributed by atoms with Crippen LogP contribution in [0.4, 0.5) is 0 Å². The molecule has 37 heavy (non-hydrogen) atoms. The van der Waals surface area contributed by atoms with Crippen LogP contribution in [-0.2, 0) is 18.7 Å². The van der Waals surface area contributed by atoms with E-state index in [-0.39, 0.29) is 0 Å². The highest BCUT2D eigenvalue weighted by Gasteiger charge is 2.37. The lowest BCUT2D eigenvalue weighted by Gasteiger charge is -2.28. The molecule has 0 bridgehead atoms. The average molecular weight is 502 g/mol. The van der Waals surface area contributed by atoms with Crippen molar-refractivity contribution in [1.29, 1.82) is 0 Å². The summed E-state index contributed by atoms with van der Waals surface area (Å²) in [6.45, 7) is 4.40. The summed E-state index contributed by atoms with van der Waals surface area (Å²) in [6, 6.07) is 26.6. The molecule has 0 saturated carbocycles. The predicted molar refractivity (Wildman–Crippen MR) is 144 cm³/mol. The molecule has 1 aromatic heterocycles. The molecule has 6 nitrogen and oxygen atoms in total. The van der Waals surface area contributed by atoms with Crippen LogP contribution in [0, 0.1) is 0 Å². The molecule has 0 radical (unpaired) electrons. The maximum atomic E-state index is 12.2. The number of hydrogen-bond donors (Lipinski definition) is 1. The number of rotatable bonds is 12. The highest BCUT2D eigenvalue weighted by molar-refractivity contribution is 5.46. The van der Waals surface area contributed by atoms with Crippen LogP contribution >= 0.6 is 0 Å². The summed E-state index contributed by atoms with van der Waals surface area (Å²) in [7, 11) is 4.94. The number of aliphatic hydroxyl groups is 1. The summed E-state index contributed by atoms with van der Waals surface area (Å²) in [5, 5.41) is 12.2. The van der Waals surface area contributed by atoms with E-state index in [4.69, 9.17) is 18.6 Å². The number of furan rings is 1. The quantitative estimate of drug-likeness (QED) is 0.257. The fourth-order valence-corrected chi connectivity index (χ4v) is 4.60. The molecular weight excluding hydrogens is 466 g/mol. The Morgan fingerprint density at radius 2 is 1.32 bits per heavy atom. The summed E-state index contributed by atoms with van der Waals surface area (Å²) >= 11 is 0. The Morgan fingerprint density at radius 1 is 0.730 bits per heavy atom. The van der Waals surface area contributed by atoms with E-state index >= 15 is 0 Å². The van der Waals surface area contributed by atoms with Crippen molar-refractivity contribution in [3.05, 3.63) is 113 Å². The number of para-hydroxylation sites is 1. The molecule has 194 valence electrons. The van der Waals surface area contributed by atoms with E-state index < -0.39 is 5.60 Å². The number of hydrogen-bond acceptors (Lipinski definition) is 6. The van der Waals surface area contributed by atoms with E-state index in [0.29, 0.717) is 34.9 Å². The van der Waals surface area contributed by atoms with Crippen molar-refractivity contribution in [1.82, 2.24) is 4.90 Å². The third-order valence-corrected chi connectivity index (χ3v) is 6.54. The highest BCUT2D eigenvalue weighted by atomic mass is 16.5. The average Bonchev–Trinajstić information content (AvgIpc) is 3.42. The van der Waals surface area contributed by atoms with Crippen LogP contribution in [0.1, 0.15) is 41.6 Å². The van der Waals surface area contributed by atoms with Gasteiger partial charge < -0.3 is 23.7 Å². The Hall–Kier alpha value is -3.74. The minimum atomic E-state index is -1.49. The number of nitrogens with zero attached hydrogens (tertiary/aromatic N) is 1. The van der Waals surface area contributed by atoms with E-state index in [0.717, 1.165) is 36.6 Å². The van der Waals surface area contributed by atoms with Gasteiger partial charge in [0.1, 0.15) is 28.8 Å². The van der Waals surface area contributed by atoms with Gasteiger partial charge in [-0.15, -0.1) is 0 Å². The Balaban J connectivity index is 1.66. The fourth-order valence-electron chi connectivity index (χ4n) is 4.60. The highest BCUT2D eigenvalue weighted by Crippen LogP contribution is 2.39. The van der Waals surface area contributed by atoms with E-state index in [1.165, 1.54) is 0 Å². The van der Waals surface area contributed by atoms with E-state index in [1.54, 1.807) is 21.3 Å². The van der Waals surface area contributed by atoms with Gasteiger partial charge in [0, 0.05) is 12.1 Å². The van der Waals surface area contributed by atoms with Gasteiger partial charge in [-0.1, -0.05) is 49.4 Å². The molecule has 0 aliphatic carbocycles. The third-order valence-electron chi connectivity index (χ3n) is 6.54. The molecule has 4 aromatic rings. The van der Waals surface area contributed by atoms with Crippen LogP contribution < -0.4 is 14.2 Å². The monoisotopic (exact) mass is 501 g/mol. The molecule has 3 aromatic carbocycles. The van der Waals surface area contributed by atoms with Gasteiger partial charge >= 0.3 is 0 Å². The lowest BCUT2D eigenvalue weighted by molar-refractivity contribution is 0.0951. The minimum Gasteiger partial charge on any atom is -0.497 e.